The van der Waals surface area contributed by atoms with Crippen molar-refractivity contribution in [3.05, 3.63) is 34.6 Å². The molecular formula is C13H14BrN3. The Hall–Kier alpha value is -1.16. The summed E-state index contributed by atoms with van der Waals surface area (Å²) in [4.78, 5) is 4.61. The summed E-state index contributed by atoms with van der Waals surface area (Å²) in [6.45, 7) is 0. The molecule has 2 aromatic rings. The van der Waals surface area contributed by atoms with Gasteiger partial charge in [-0.1, -0.05) is 40.9 Å². The number of hydrogen-bond donors (Lipinski definition) is 1. The third kappa shape index (κ3) is 2.27. The smallest absolute Gasteiger partial charge is 0.181 e. The molecule has 0 amide bonds. The minimum atomic E-state index is 0.590. The van der Waals surface area contributed by atoms with Crippen LogP contribution in [0.3, 0.4) is 0 Å². The Morgan fingerprint density at radius 1 is 1.12 bits per heavy atom. The maximum Gasteiger partial charge on any atom is 0.181 e. The van der Waals surface area contributed by atoms with Gasteiger partial charge in [-0.2, -0.15) is 5.10 Å². The summed E-state index contributed by atoms with van der Waals surface area (Å²) < 4.78 is 1.08. The summed E-state index contributed by atoms with van der Waals surface area (Å²) >= 11 is 3.43. The Labute approximate surface area is 109 Å². The largest absolute Gasteiger partial charge is 0.262 e. The third-order valence-electron chi connectivity index (χ3n) is 3.35. The zero-order chi connectivity index (χ0) is 11.7. The highest BCUT2D eigenvalue weighted by atomic mass is 79.9. The predicted octanol–water partition coefficient (Wildman–Crippen LogP) is 3.89. The van der Waals surface area contributed by atoms with E-state index in [0.29, 0.717) is 5.92 Å². The normalized spacial score (nSPS) is 16.5. The minimum Gasteiger partial charge on any atom is -0.262 e. The standard InChI is InChI=1S/C13H14BrN3/c14-11-7-5-10(6-8-11)13-15-12(16-17-13)9-3-1-2-4-9/h5-9H,1-4H2,(H,15,16,17). The fraction of sp³-hybridized carbons (Fsp3) is 0.385. The molecule has 1 N–H and O–H groups in total. The summed E-state index contributed by atoms with van der Waals surface area (Å²) in [5, 5.41) is 7.40. The molecule has 1 heterocycles. The first-order chi connectivity index (χ1) is 8.33. The minimum absolute atomic E-state index is 0.590. The average molecular weight is 292 g/mol. The molecule has 0 atom stereocenters. The maximum absolute atomic E-state index is 4.61. The van der Waals surface area contributed by atoms with Crippen molar-refractivity contribution in [2.45, 2.75) is 31.6 Å². The van der Waals surface area contributed by atoms with Gasteiger partial charge in [-0.25, -0.2) is 4.98 Å². The summed E-state index contributed by atoms with van der Waals surface area (Å²) in [5.41, 5.74) is 1.06. The molecule has 1 aromatic heterocycles. The highest BCUT2D eigenvalue weighted by Gasteiger charge is 2.20. The van der Waals surface area contributed by atoms with Gasteiger partial charge in [0, 0.05) is 16.0 Å². The van der Waals surface area contributed by atoms with Crippen molar-refractivity contribution >= 4 is 15.9 Å². The number of hydrogen-bond acceptors (Lipinski definition) is 2. The van der Waals surface area contributed by atoms with E-state index in [-0.39, 0.29) is 0 Å². The van der Waals surface area contributed by atoms with Gasteiger partial charge in [0.05, 0.1) is 0 Å². The number of benzene rings is 1. The summed E-state index contributed by atoms with van der Waals surface area (Å²) in [6.07, 6.45) is 5.13. The van der Waals surface area contributed by atoms with Crippen molar-refractivity contribution in [3.63, 3.8) is 0 Å². The Bertz CT molecular complexity index is 498. The van der Waals surface area contributed by atoms with Crippen molar-refractivity contribution in [1.29, 1.82) is 0 Å². The lowest BCUT2D eigenvalue weighted by Gasteiger charge is -2.01. The molecule has 0 aliphatic heterocycles. The zero-order valence-electron chi connectivity index (χ0n) is 9.49. The first-order valence-corrected chi connectivity index (χ1v) is 6.80. The van der Waals surface area contributed by atoms with E-state index < -0.39 is 0 Å². The van der Waals surface area contributed by atoms with Crippen molar-refractivity contribution in [3.8, 4) is 11.4 Å². The van der Waals surface area contributed by atoms with Gasteiger partial charge in [0.15, 0.2) is 5.82 Å². The van der Waals surface area contributed by atoms with Crippen molar-refractivity contribution in [1.82, 2.24) is 15.2 Å². The number of H-pyrrole nitrogens is 1. The van der Waals surface area contributed by atoms with Crippen LogP contribution < -0.4 is 0 Å². The van der Waals surface area contributed by atoms with E-state index >= 15 is 0 Å². The van der Waals surface area contributed by atoms with E-state index in [1.54, 1.807) is 0 Å². The number of aromatic amines is 1. The van der Waals surface area contributed by atoms with Gasteiger partial charge in [0.25, 0.3) is 0 Å². The summed E-state index contributed by atoms with van der Waals surface area (Å²) in [6, 6.07) is 8.10. The Morgan fingerprint density at radius 2 is 1.82 bits per heavy atom. The third-order valence-corrected chi connectivity index (χ3v) is 3.88. The molecule has 0 bridgehead atoms. The first-order valence-electron chi connectivity index (χ1n) is 6.01. The molecule has 4 heteroatoms. The van der Waals surface area contributed by atoms with Crippen LogP contribution in [-0.4, -0.2) is 15.2 Å². The number of aromatic nitrogens is 3. The molecule has 3 rings (SSSR count). The lowest BCUT2D eigenvalue weighted by atomic mass is 10.1. The molecule has 1 saturated carbocycles. The van der Waals surface area contributed by atoms with Crippen LogP contribution in [0.5, 0.6) is 0 Å². The SMILES string of the molecule is Brc1ccc(-c2n[nH]c(C3CCCC3)n2)cc1. The molecule has 1 aliphatic carbocycles. The van der Waals surface area contributed by atoms with Crippen LogP contribution in [0.1, 0.15) is 37.4 Å². The van der Waals surface area contributed by atoms with Crippen LogP contribution in [0.25, 0.3) is 11.4 Å². The van der Waals surface area contributed by atoms with Gasteiger partial charge < -0.3 is 0 Å². The van der Waals surface area contributed by atoms with Gasteiger partial charge in [-0.3, -0.25) is 5.10 Å². The summed E-state index contributed by atoms with van der Waals surface area (Å²) in [5.74, 6) is 2.45. The Balaban J connectivity index is 1.86. The monoisotopic (exact) mass is 291 g/mol. The molecule has 1 aliphatic rings. The molecule has 0 radical (unpaired) electrons. The van der Waals surface area contributed by atoms with E-state index in [9.17, 15) is 0 Å². The topological polar surface area (TPSA) is 41.6 Å². The van der Waals surface area contributed by atoms with Crippen molar-refractivity contribution < 1.29 is 0 Å². The summed E-state index contributed by atoms with van der Waals surface area (Å²) in [7, 11) is 0. The quantitative estimate of drug-likeness (QED) is 0.912. The second-order valence-corrected chi connectivity index (χ2v) is 5.45. The van der Waals surface area contributed by atoms with E-state index in [1.165, 1.54) is 25.7 Å². The molecule has 3 nitrogen and oxygen atoms in total. The van der Waals surface area contributed by atoms with Gasteiger partial charge in [-0.05, 0) is 25.0 Å². The molecule has 1 aromatic carbocycles. The van der Waals surface area contributed by atoms with Crippen molar-refractivity contribution in [2.75, 3.05) is 0 Å². The fourth-order valence-corrected chi connectivity index (χ4v) is 2.65. The van der Waals surface area contributed by atoms with Crippen LogP contribution in [0.4, 0.5) is 0 Å². The van der Waals surface area contributed by atoms with Gasteiger partial charge >= 0.3 is 0 Å². The molecular weight excluding hydrogens is 278 g/mol. The van der Waals surface area contributed by atoms with E-state index in [1.807, 2.05) is 24.3 Å². The van der Waals surface area contributed by atoms with E-state index in [2.05, 4.69) is 31.1 Å². The van der Waals surface area contributed by atoms with Crippen LogP contribution in [0.15, 0.2) is 28.7 Å². The second-order valence-electron chi connectivity index (χ2n) is 4.53. The van der Waals surface area contributed by atoms with Gasteiger partial charge in [0.1, 0.15) is 5.82 Å². The number of nitrogens with one attached hydrogen (secondary N) is 1. The molecule has 88 valence electrons. The van der Waals surface area contributed by atoms with Crippen molar-refractivity contribution in [2.24, 2.45) is 0 Å². The Kier molecular flexibility index (Phi) is 2.97. The molecule has 17 heavy (non-hydrogen) atoms. The average Bonchev–Trinajstić information content (AvgIpc) is 3.00. The Morgan fingerprint density at radius 3 is 2.53 bits per heavy atom. The number of halogens is 1. The van der Waals surface area contributed by atoms with Gasteiger partial charge in [0.2, 0.25) is 0 Å². The van der Waals surface area contributed by atoms with E-state index in [4.69, 9.17) is 0 Å². The predicted molar refractivity (Wildman–Crippen MR) is 70.7 cm³/mol. The lowest BCUT2D eigenvalue weighted by Crippen LogP contribution is -1.94. The van der Waals surface area contributed by atoms with Gasteiger partial charge in [-0.15, -0.1) is 0 Å². The number of nitrogens with zero attached hydrogens (tertiary/aromatic N) is 2. The molecule has 0 saturated heterocycles. The highest BCUT2D eigenvalue weighted by molar-refractivity contribution is 9.10. The second kappa shape index (κ2) is 4.61. The fourth-order valence-electron chi connectivity index (χ4n) is 2.38. The first kappa shape index (κ1) is 11.0. The zero-order valence-corrected chi connectivity index (χ0v) is 11.1. The lowest BCUT2D eigenvalue weighted by molar-refractivity contribution is 0.672. The van der Waals surface area contributed by atoms with Crippen LogP contribution >= 0.6 is 15.9 Å². The molecule has 0 unspecified atom stereocenters. The molecule has 0 spiro atoms. The van der Waals surface area contributed by atoms with Crippen LogP contribution in [-0.2, 0) is 0 Å². The van der Waals surface area contributed by atoms with Crippen LogP contribution in [0.2, 0.25) is 0 Å². The van der Waals surface area contributed by atoms with E-state index in [0.717, 1.165) is 21.7 Å². The molecule has 1 fully saturated rings. The number of rotatable bonds is 2. The highest BCUT2D eigenvalue weighted by Crippen LogP contribution is 2.32. The maximum atomic E-state index is 4.61. The van der Waals surface area contributed by atoms with Crippen LogP contribution in [0, 0.1) is 0 Å².